The van der Waals surface area contributed by atoms with Gasteiger partial charge in [-0.05, 0) is 24.8 Å². The van der Waals surface area contributed by atoms with Crippen LogP contribution in [0.4, 0.5) is 0 Å². The smallest absolute Gasteiger partial charge is 0.251 e. The number of sulfonamides is 1. The van der Waals surface area contributed by atoms with Crippen LogP contribution in [0.2, 0.25) is 0 Å². The average molecular weight is 500 g/mol. The van der Waals surface area contributed by atoms with Crippen molar-refractivity contribution in [2.75, 3.05) is 26.2 Å². The van der Waals surface area contributed by atoms with E-state index in [1.54, 1.807) is 35.8 Å². The number of nitrogens with one attached hydrogen (secondary N) is 3. The third-order valence-corrected chi connectivity index (χ3v) is 6.29. The number of likely N-dealkylation sites (tertiary alicyclic amines) is 1. The Labute approximate surface area is 196 Å². The van der Waals surface area contributed by atoms with E-state index >= 15 is 0 Å². The number of aliphatic hydroxyl groups excluding tert-OH is 1. The number of nitro groups is 1. The van der Waals surface area contributed by atoms with Crippen molar-refractivity contribution in [3.05, 3.63) is 46.0 Å². The number of guanidine groups is 1. The van der Waals surface area contributed by atoms with Gasteiger partial charge >= 0.3 is 0 Å². The van der Waals surface area contributed by atoms with Crippen molar-refractivity contribution in [3.63, 3.8) is 0 Å². The molecular weight excluding hydrogens is 470 g/mol. The molecule has 14 nitrogen and oxygen atoms in total. The molecule has 1 aromatic carbocycles. The van der Waals surface area contributed by atoms with Gasteiger partial charge in [-0.25, -0.2) is 28.2 Å². The highest BCUT2D eigenvalue weighted by Gasteiger charge is 2.35. The molecule has 0 radical (unpaired) electrons. The fraction of sp³-hybridized carbons (Fsp3) is 0.526. The number of benzene rings is 1. The highest BCUT2D eigenvalue weighted by Crippen LogP contribution is 2.14. The Morgan fingerprint density at radius 2 is 2.06 bits per heavy atom. The van der Waals surface area contributed by atoms with E-state index in [9.17, 15) is 33.2 Å². The van der Waals surface area contributed by atoms with Gasteiger partial charge in [0.25, 0.3) is 5.96 Å². The lowest BCUT2D eigenvalue weighted by Gasteiger charge is -2.20. The molecule has 0 aliphatic carbocycles. The standard InChI is InChI=1S/C19H29N7O7S/c20-19(23-26(30)31)21-9-4-7-15(12-27)22-17(28)11-25-10-8-16(18(25)29)24-34(32,33)13-14-5-2-1-3-6-14/h1-3,5-6,15-16,24,27H,4,7-13H2,(H,22,28)(H3,20,21,23). The maximum absolute atomic E-state index is 12.6. The zero-order valence-electron chi connectivity index (χ0n) is 18.4. The van der Waals surface area contributed by atoms with Crippen molar-refractivity contribution in [2.24, 2.45) is 10.7 Å². The van der Waals surface area contributed by atoms with E-state index in [-0.39, 0.29) is 44.4 Å². The lowest BCUT2D eigenvalue weighted by atomic mass is 10.1. The molecule has 1 saturated heterocycles. The van der Waals surface area contributed by atoms with E-state index in [0.29, 0.717) is 18.4 Å². The Kier molecular flexibility index (Phi) is 10.2. The molecule has 2 amide bonds. The molecule has 0 aromatic heterocycles. The van der Waals surface area contributed by atoms with Gasteiger partial charge in [-0.1, -0.05) is 35.8 Å². The molecule has 1 aliphatic heterocycles. The van der Waals surface area contributed by atoms with Crippen LogP contribution in [-0.2, 0) is 25.4 Å². The number of hydrogen-bond acceptors (Lipinski definition) is 8. The van der Waals surface area contributed by atoms with E-state index in [1.807, 2.05) is 0 Å². The average Bonchev–Trinajstić information content (AvgIpc) is 3.08. The molecular formula is C19H29N7O7S. The number of aliphatic hydroxyl groups is 1. The summed E-state index contributed by atoms with van der Waals surface area (Å²) in [7, 11) is -3.74. The Balaban J connectivity index is 1.78. The summed E-state index contributed by atoms with van der Waals surface area (Å²) in [6.45, 7) is -0.265. The summed E-state index contributed by atoms with van der Waals surface area (Å²) in [6, 6.07) is 7.03. The van der Waals surface area contributed by atoms with Crippen LogP contribution in [0.15, 0.2) is 35.3 Å². The molecule has 1 fully saturated rings. The number of nitrogens with two attached hydrogens (primary N) is 1. The largest absolute Gasteiger partial charge is 0.394 e. The lowest BCUT2D eigenvalue weighted by Crippen LogP contribution is -2.46. The number of aliphatic imine (C=N–C) groups is 1. The predicted octanol–water partition coefficient (Wildman–Crippen LogP) is -1.94. The molecule has 2 atom stereocenters. The van der Waals surface area contributed by atoms with Gasteiger partial charge in [-0.3, -0.25) is 9.59 Å². The Morgan fingerprint density at radius 3 is 2.71 bits per heavy atom. The van der Waals surface area contributed by atoms with Gasteiger partial charge in [-0.15, -0.1) is 0 Å². The number of rotatable bonds is 13. The first kappa shape index (κ1) is 26.9. The molecule has 34 heavy (non-hydrogen) atoms. The predicted molar refractivity (Wildman–Crippen MR) is 122 cm³/mol. The van der Waals surface area contributed by atoms with Gasteiger partial charge in [0.1, 0.15) is 6.04 Å². The molecule has 15 heteroatoms. The van der Waals surface area contributed by atoms with Crippen molar-refractivity contribution >= 4 is 27.8 Å². The van der Waals surface area contributed by atoms with Crippen molar-refractivity contribution in [3.8, 4) is 0 Å². The minimum atomic E-state index is -3.74. The highest BCUT2D eigenvalue weighted by atomic mass is 32.2. The van der Waals surface area contributed by atoms with Crippen LogP contribution in [0, 0.1) is 10.1 Å². The fourth-order valence-corrected chi connectivity index (χ4v) is 4.75. The summed E-state index contributed by atoms with van der Waals surface area (Å²) in [5.41, 5.74) is 7.59. The summed E-state index contributed by atoms with van der Waals surface area (Å²) >= 11 is 0. The Morgan fingerprint density at radius 1 is 1.35 bits per heavy atom. The second kappa shape index (κ2) is 12.8. The number of nitrogens with zero attached hydrogens (tertiary/aromatic N) is 3. The van der Waals surface area contributed by atoms with Crippen LogP contribution in [-0.4, -0.2) is 79.6 Å². The van der Waals surface area contributed by atoms with Gasteiger partial charge in [-0.2, -0.15) is 0 Å². The maximum Gasteiger partial charge on any atom is 0.251 e. The van der Waals surface area contributed by atoms with Crippen LogP contribution in [0.5, 0.6) is 0 Å². The van der Waals surface area contributed by atoms with Gasteiger partial charge in [0.05, 0.1) is 24.9 Å². The fourth-order valence-electron chi connectivity index (χ4n) is 3.38. The summed E-state index contributed by atoms with van der Waals surface area (Å²) < 4.78 is 27.2. The number of carbonyl (C=O) groups is 2. The van der Waals surface area contributed by atoms with Crippen molar-refractivity contribution in [1.82, 2.24) is 20.4 Å². The summed E-state index contributed by atoms with van der Waals surface area (Å²) in [5, 5.41) is 21.5. The second-order valence-corrected chi connectivity index (χ2v) is 9.44. The maximum atomic E-state index is 12.6. The van der Waals surface area contributed by atoms with Gasteiger partial charge in [0.15, 0.2) is 5.03 Å². The summed E-state index contributed by atoms with van der Waals surface area (Å²) in [5.74, 6) is -1.60. The monoisotopic (exact) mass is 499 g/mol. The van der Waals surface area contributed by atoms with Gasteiger partial charge in [0.2, 0.25) is 21.8 Å². The zero-order valence-corrected chi connectivity index (χ0v) is 19.2. The Hall–Kier alpha value is -3.30. The first-order valence-electron chi connectivity index (χ1n) is 10.5. The normalized spacial score (nSPS) is 17.4. The van der Waals surface area contributed by atoms with E-state index < -0.39 is 39.0 Å². The molecule has 0 saturated carbocycles. The third-order valence-electron chi connectivity index (χ3n) is 4.94. The van der Waals surface area contributed by atoms with Crippen LogP contribution >= 0.6 is 0 Å². The van der Waals surface area contributed by atoms with Crippen LogP contribution < -0.4 is 21.2 Å². The van der Waals surface area contributed by atoms with Crippen LogP contribution in [0.25, 0.3) is 0 Å². The Bertz CT molecular complexity index is 988. The van der Waals surface area contributed by atoms with Crippen molar-refractivity contribution in [2.45, 2.75) is 37.1 Å². The number of hydrogen-bond donors (Lipinski definition) is 5. The van der Waals surface area contributed by atoms with E-state index in [1.165, 1.54) is 4.90 Å². The van der Waals surface area contributed by atoms with Gasteiger partial charge < -0.3 is 21.1 Å². The molecule has 2 rings (SSSR count). The van der Waals surface area contributed by atoms with E-state index in [2.05, 4.69) is 15.0 Å². The van der Waals surface area contributed by atoms with E-state index in [4.69, 9.17) is 5.73 Å². The minimum absolute atomic E-state index is 0.147. The SMILES string of the molecule is NC(=NCCCC(CO)NC(=O)CN1CCC(NS(=O)(=O)Cc2ccccc2)C1=O)N[N+](=O)[O-]. The van der Waals surface area contributed by atoms with Crippen molar-refractivity contribution in [1.29, 1.82) is 0 Å². The third kappa shape index (κ3) is 9.29. The molecule has 1 aromatic rings. The number of amides is 2. The quantitative estimate of drug-likeness (QED) is 0.0671. The first-order chi connectivity index (χ1) is 16.1. The second-order valence-electron chi connectivity index (χ2n) is 7.69. The highest BCUT2D eigenvalue weighted by molar-refractivity contribution is 7.88. The van der Waals surface area contributed by atoms with Crippen molar-refractivity contribution < 1.29 is 28.1 Å². The molecule has 6 N–H and O–H groups in total. The molecule has 188 valence electrons. The summed E-state index contributed by atoms with van der Waals surface area (Å²) in [4.78, 5) is 40.1. The van der Waals surface area contributed by atoms with E-state index in [0.717, 1.165) is 0 Å². The number of hydrazine groups is 1. The van der Waals surface area contributed by atoms with Gasteiger partial charge in [0, 0.05) is 13.1 Å². The molecule has 1 heterocycles. The number of carbonyl (C=O) groups excluding carboxylic acids is 2. The van der Waals surface area contributed by atoms with Crippen LogP contribution in [0.3, 0.4) is 0 Å². The molecule has 0 bridgehead atoms. The molecule has 1 aliphatic rings. The topological polar surface area (TPSA) is 209 Å². The zero-order chi connectivity index (χ0) is 25.1. The van der Waals surface area contributed by atoms with Crippen LogP contribution in [0.1, 0.15) is 24.8 Å². The molecule has 0 spiro atoms. The first-order valence-corrected chi connectivity index (χ1v) is 12.2. The minimum Gasteiger partial charge on any atom is -0.394 e. The summed E-state index contributed by atoms with van der Waals surface area (Å²) in [6.07, 6.45) is 0.952. The molecule has 2 unspecified atom stereocenters. The lowest BCUT2D eigenvalue weighted by molar-refractivity contribution is -0.525.